The van der Waals surface area contributed by atoms with Gasteiger partial charge in [-0.25, -0.2) is 0 Å². The van der Waals surface area contributed by atoms with Crippen LogP contribution in [-0.4, -0.2) is 28.8 Å². The highest BCUT2D eigenvalue weighted by Crippen LogP contribution is 2.18. The van der Waals surface area contributed by atoms with Crippen molar-refractivity contribution in [3.05, 3.63) is 24.0 Å². The average Bonchev–Trinajstić information content (AvgIpc) is 2.74. The normalized spacial score (nSPS) is 26.7. The smallest absolute Gasteiger partial charge is 0.0541 e. The minimum atomic E-state index is -0.0496. The number of hydrogen-bond acceptors (Lipinski definition) is 2. The second kappa shape index (κ2) is 5.33. The van der Waals surface area contributed by atoms with Crippen LogP contribution < -0.4 is 5.32 Å². The summed E-state index contributed by atoms with van der Waals surface area (Å²) in [4.78, 5) is 3.20. The van der Waals surface area contributed by atoms with E-state index in [4.69, 9.17) is 0 Å². The highest BCUT2D eigenvalue weighted by molar-refractivity contribution is 5.03. The van der Waals surface area contributed by atoms with Crippen LogP contribution in [0.3, 0.4) is 0 Å². The molecule has 0 aromatic carbocycles. The number of aromatic amines is 1. The van der Waals surface area contributed by atoms with E-state index in [0.717, 1.165) is 38.6 Å². The Morgan fingerprint density at radius 3 is 2.80 bits per heavy atom. The van der Waals surface area contributed by atoms with E-state index < -0.39 is 0 Å². The summed E-state index contributed by atoms with van der Waals surface area (Å²) in [5, 5.41) is 12.9. The first-order valence-electron chi connectivity index (χ1n) is 5.88. The molecule has 0 bridgehead atoms. The van der Waals surface area contributed by atoms with Gasteiger partial charge < -0.3 is 15.4 Å². The van der Waals surface area contributed by atoms with Crippen molar-refractivity contribution >= 4 is 0 Å². The van der Waals surface area contributed by atoms with Crippen LogP contribution in [0.5, 0.6) is 0 Å². The maximum absolute atomic E-state index is 9.37. The fraction of sp³-hybridized carbons (Fsp3) is 0.667. The van der Waals surface area contributed by atoms with Gasteiger partial charge in [-0.2, -0.15) is 0 Å². The van der Waals surface area contributed by atoms with Gasteiger partial charge in [0.15, 0.2) is 0 Å². The largest absolute Gasteiger partial charge is 0.393 e. The lowest BCUT2D eigenvalue weighted by atomic mass is 9.93. The molecule has 0 aliphatic heterocycles. The van der Waals surface area contributed by atoms with E-state index in [1.165, 1.54) is 5.69 Å². The SMILES string of the molecule is OC1CCC(NCCc2ccc[nH]2)CC1. The van der Waals surface area contributed by atoms with E-state index in [0.29, 0.717) is 6.04 Å². The van der Waals surface area contributed by atoms with Gasteiger partial charge >= 0.3 is 0 Å². The number of aliphatic hydroxyl groups is 1. The fourth-order valence-electron chi connectivity index (χ4n) is 2.21. The lowest BCUT2D eigenvalue weighted by Crippen LogP contribution is -2.35. The van der Waals surface area contributed by atoms with Crippen molar-refractivity contribution in [2.75, 3.05) is 6.54 Å². The minimum absolute atomic E-state index is 0.0496. The molecule has 0 atom stereocenters. The van der Waals surface area contributed by atoms with E-state index in [9.17, 15) is 5.11 Å². The van der Waals surface area contributed by atoms with Gasteiger partial charge in [-0.05, 0) is 44.2 Å². The summed E-state index contributed by atoms with van der Waals surface area (Å²) in [5.74, 6) is 0. The van der Waals surface area contributed by atoms with Crippen molar-refractivity contribution in [1.82, 2.24) is 10.3 Å². The fourth-order valence-corrected chi connectivity index (χ4v) is 2.21. The molecule has 1 aliphatic carbocycles. The predicted octanol–water partition coefficient (Wildman–Crippen LogP) is 1.45. The van der Waals surface area contributed by atoms with Crippen LogP contribution in [0.25, 0.3) is 0 Å². The van der Waals surface area contributed by atoms with Crippen LogP contribution in [0.1, 0.15) is 31.4 Å². The van der Waals surface area contributed by atoms with Crippen LogP contribution in [0.2, 0.25) is 0 Å². The number of aromatic nitrogens is 1. The van der Waals surface area contributed by atoms with E-state index in [2.05, 4.69) is 16.4 Å². The molecule has 0 radical (unpaired) electrons. The molecule has 3 N–H and O–H groups in total. The van der Waals surface area contributed by atoms with Gasteiger partial charge in [0.1, 0.15) is 0 Å². The zero-order valence-electron chi connectivity index (χ0n) is 9.08. The number of hydrogen-bond donors (Lipinski definition) is 3. The molecule has 15 heavy (non-hydrogen) atoms. The molecule has 1 aliphatic rings. The van der Waals surface area contributed by atoms with Crippen molar-refractivity contribution in [2.45, 2.75) is 44.2 Å². The third-order valence-corrected chi connectivity index (χ3v) is 3.19. The molecule has 0 unspecified atom stereocenters. The standard InChI is InChI=1S/C12H20N2O/c15-12-5-3-11(4-6-12)14-9-7-10-2-1-8-13-10/h1-2,8,11-15H,3-7,9H2. The second-order valence-electron chi connectivity index (χ2n) is 4.40. The Hall–Kier alpha value is -0.800. The van der Waals surface area contributed by atoms with Crippen LogP contribution >= 0.6 is 0 Å². The number of H-pyrrole nitrogens is 1. The topological polar surface area (TPSA) is 48.0 Å². The summed E-state index contributed by atoms with van der Waals surface area (Å²) in [6, 6.07) is 4.77. The van der Waals surface area contributed by atoms with Crippen molar-refractivity contribution in [3.63, 3.8) is 0 Å². The summed E-state index contributed by atoms with van der Waals surface area (Å²) in [6.07, 6.45) is 7.13. The Labute approximate surface area is 90.9 Å². The molecule has 84 valence electrons. The van der Waals surface area contributed by atoms with Gasteiger partial charge in [0, 0.05) is 24.5 Å². The molecule has 3 nitrogen and oxygen atoms in total. The summed E-state index contributed by atoms with van der Waals surface area (Å²) < 4.78 is 0. The van der Waals surface area contributed by atoms with Crippen molar-refractivity contribution < 1.29 is 5.11 Å². The molecule has 0 saturated heterocycles. The monoisotopic (exact) mass is 208 g/mol. The molecular weight excluding hydrogens is 188 g/mol. The molecule has 0 spiro atoms. The first-order chi connectivity index (χ1) is 7.34. The van der Waals surface area contributed by atoms with Crippen molar-refractivity contribution in [1.29, 1.82) is 0 Å². The number of rotatable bonds is 4. The summed E-state index contributed by atoms with van der Waals surface area (Å²) in [5.41, 5.74) is 1.29. The number of aliphatic hydroxyl groups excluding tert-OH is 1. The van der Waals surface area contributed by atoms with Crippen LogP contribution in [0.4, 0.5) is 0 Å². The molecule has 0 amide bonds. The van der Waals surface area contributed by atoms with Gasteiger partial charge in [0.05, 0.1) is 6.10 Å². The van der Waals surface area contributed by atoms with Gasteiger partial charge in [-0.15, -0.1) is 0 Å². The van der Waals surface area contributed by atoms with Crippen LogP contribution in [0.15, 0.2) is 18.3 Å². The molecular formula is C12H20N2O. The number of nitrogens with one attached hydrogen (secondary N) is 2. The maximum Gasteiger partial charge on any atom is 0.0541 e. The molecule has 1 saturated carbocycles. The zero-order valence-corrected chi connectivity index (χ0v) is 9.08. The quantitative estimate of drug-likeness (QED) is 0.701. The minimum Gasteiger partial charge on any atom is -0.393 e. The predicted molar refractivity (Wildman–Crippen MR) is 60.8 cm³/mol. The summed E-state index contributed by atoms with van der Waals surface area (Å²) >= 11 is 0. The highest BCUT2D eigenvalue weighted by Gasteiger charge is 2.18. The van der Waals surface area contributed by atoms with E-state index >= 15 is 0 Å². The molecule has 1 aromatic heterocycles. The molecule has 3 heteroatoms. The van der Waals surface area contributed by atoms with Gasteiger partial charge in [-0.3, -0.25) is 0 Å². The highest BCUT2D eigenvalue weighted by atomic mass is 16.3. The van der Waals surface area contributed by atoms with Gasteiger partial charge in [0.25, 0.3) is 0 Å². The van der Waals surface area contributed by atoms with Crippen LogP contribution in [0, 0.1) is 0 Å². The van der Waals surface area contributed by atoms with E-state index in [1.807, 2.05) is 12.3 Å². The molecule has 1 fully saturated rings. The van der Waals surface area contributed by atoms with Gasteiger partial charge in [0.2, 0.25) is 0 Å². The van der Waals surface area contributed by atoms with Gasteiger partial charge in [-0.1, -0.05) is 0 Å². The maximum atomic E-state index is 9.37. The first-order valence-corrected chi connectivity index (χ1v) is 5.88. The van der Waals surface area contributed by atoms with E-state index in [-0.39, 0.29) is 6.10 Å². The van der Waals surface area contributed by atoms with Crippen LogP contribution in [-0.2, 0) is 6.42 Å². The molecule has 2 rings (SSSR count). The van der Waals surface area contributed by atoms with E-state index in [1.54, 1.807) is 0 Å². The summed E-state index contributed by atoms with van der Waals surface area (Å²) in [6.45, 7) is 1.03. The zero-order chi connectivity index (χ0) is 10.5. The Morgan fingerprint density at radius 1 is 1.33 bits per heavy atom. The Morgan fingerprint density at radius 2 is 2.13 bits per heavy atom. The molecule has 1 heterocycles. The third-order valence-electron chi connectivity index (χ3n) is 3.19. The van der Waals surface area contributed by atoms with Crippen molar-refractivity contribution in [3.8, 4) is 0 Å². The Balaban J connectivity index is 1.62. The second-order valence-corrected chi connectivity index (χ2v) is 4.40. The average molecular weight is 208 g/mol. The Bertz CT molecular complexity index is 263. The third kappa shape index (κ3) is 3.36. The molecule has 1 aromatic rings. The summed E-state index contributed by atoms with van der Waals surface area (Å²) in [7, 11) is 0. The lowest BCUT2D eigenvalue weighted by Gasteiger charge is -2.26. The Kier molecular flexibility index (Phi) is 3.80. The van der Waals surface area contributed by atoms with Crippen molar-refractivity contribution in [2.24, 2.45) is 0 Å². The first kappa shape index (κ1) is 10.7. The lowest BCUT2D eigenvalue weighted by molar-refractivity contribution is 0.117.